The summed E-state index contributed by atoms with van der Waals surface area (Å²) in [5.74, 6) is 1.20. The van der Waals surface area contributed by atoms with Crippen molar-refractivity contribution in [1.82, 2.24) is 5.32 Å². The summed E-state index contributed by atoms with van der Waals surface area (Å²) < 4.78 is 45.2. The number of hydrogen-bond acceptors (Lipinski definition) is 6. The zero-order valence-corrected chi connectivity index (χ0v) is 21.6. The fourth-order valence-electron chi connectivity index (χ4n) is 4.07. The van der Waals surface area contributed by atoms with Gasteiger partial charge in [0.05, 0.1) is 30.8 Å². The van der Waals surface area contributed by atoms with Crippen molar-refractivity contribution in [2.45, 2.75) is 31.8 Å². The van der Waals surface area contributed by atoms with Crippen LogP contribution in [-0.2, 0) is 14.8 Å². The van der Waals surface area contributed by atoms with E-state index in [1.807, 2.05) is 39.0 Å². The number of fused-ring (bicyclic) bond motifs is 1. The minimum Gasteiger partial charge on any atom is -0.497 e. The van der Waals surface area contributed by atoms with Crippen molar-refractivity contribution in [2.24, 2.45) is 0 Å². The van der Waals surface area contributed by atoms with E-state index >= 15 is 0 Å². The highest BCUT2D eigenvalue weighted by Gasteiger charge is 2.37. The molecule has 8 nitrogen and oxygen atoms in total. The predicted molar refractivity (Wildman–Crippen MR) is 138 cm³/mol. The van der Waals surface area contributed by atoms with Crippen LogP contribution in [0, 0.1) is 20.8 Å². The molecule has 4 rings (SSSR count). The van der Waals surface area contributed by atoms with Crippen LogP contribution in [0.15, 0.2) is 65.6 Å². The topological polar surface area (TPSA) is 94.2 Å². The largest absolute Gasteiger partial charge is 0.497 e. The molecule has 1 aliphatic heterocycles. The number of aryl methyl sites for hydroxylation is 3. The van der Waals surface area contributed by atoms with E-state index in [2.05, 4.69) is 11.4 Å². The first-order valence-corrected chi connectivity index (χ1v) is 13.0. The predicted octanol–water partition coefficient (Wildman–Crippen LogP) is 3.77. The van der Waals surface area contributed by atoms with Crippen LogP contribution < -0.4 is 23.8 Å². The van der Waals surface area contributed by atoms with Crippen LogP contribution in [0.2, 0.25) is 0 Å². The van der Waals surface area contributed by atoms with Crippen molar-refractivity contribution in [1.29, 1.82) is 0 Å². The van der Waals surface area contributed by atoms with Gasteiger partial charge in [-0.2, -0.15) is 0 Å². The summed E-state index contributed by atoms with van der Waals surface area (Å²) in [7, 11) is -2.44. The number of sulfonamides is 1. The van der Waals surface area contributed by atoms with Gasteiger partial charge in [-0.25, -0.2) is 8.42 Å². The van der Waals surface area contributed by atoms with Crippen LogP contribution in [0.25, 0.3) is 0 Å². The Labute approximate surface area is 211 Å². The maximum Gasteiger partial charge on any atom is 0.264 e. The highest BCUT2D eigenvalue weighted by molar-refractivity contribution is 7.92. The average Bonchev–Trinajstić information content (AvgIpc) is 2.85. The number of hydrogen-bond donors (Lipinski definition) is 1. The van der Waals surface area contributed by atoms with Crippen LogP contribution in [0.3, 0.4) is 0 Å². The molecule has 0 radical (unpaired) electrons. The second kappa shape index (κ2) is 10.5. The van der Waals surface area contributed by atoms with Gasteiger partial charge in [-0.3, -0.25) is 9.10 Å². The summed E-state index contributed by atoms with van der Waals surface area (Å²) in [6, 6.07) is 17.3. The lowest BCUT2D eigenvalue weighted by atomic mass is 10.1. The maximum absolute atomic E-state index is 13.6. The Bertz CT molecular complexity index is 1330. The second-order valence-corrected chi connectivity index (χ2v) is 10.6. The number of amides is 1. The summed E-state index contributed by atoms with van der Waals surface area (Å²) in [6.07, 6.45) is -1.02. The van der Waals surface area contributed by atoms with Gasteiger partial charge in [-0.05, 0) is 86.0 Å². The third-order valence-corrected chi connectivity index (χ3v) is 7.58. The summed E-state index contributed by atoms with van der Waals surface area (Å²) in [5.41, 5.74) is 3.46. The smallest absolute Gasteiger partial charge is 0.264 e. The Balaban J connectivity index is 1.49. The number of nitrogens with zero attached hydrogens (tertiary/aromatic N) is 1. The Morgan fingerprint density at radius 2 is 1.67 bits per heavy atom. The zero-order chi connectivity index (χ0) is 25.9. The summed E-state index contributed by atoms with van der Waals surface area (Å²) in [5, 5.41) is 2.80. The minimum absolute atomic E-state index is 0.0951. The molecule has 0 saturated heterocycles. The number of rotatable bonds is 8. The molecule has 1 heterocycles. The summed E-state index contributed by atoms with van der Waals surface area (Å²) in [4.78, 5) is 13.1. The van der Waals surface area contributed by atoms with Gasteiger partial charge in [-0.15, -0.1) is 0 Å². The third-order valence-electron chi connectivity index (χ3n) is 5.79. The van der Waals surface area contributed by atoms with Crippen molar-refractivity contribution in [2.75, 3.05) is 31.1 Å². The Morgan fingerprint density at radius 3 is 2.33 bits per heavy atom. The molecule has 3 aromatic carbocycles. The van der Waals surface area contributed by atoms with Gasteiger partial charge in [-0.1, -0.05) is 12.1 Å². The molecule has 3 aromatic rings. The third kappa shape index (κ3) is 5.57. The molecule has 1 aliphatic rings. The molecule has 0 aromatic heterocycles. The Morgan fingerprint density at radius 1 is 0.972 bits per heavy atom. The lowest BCUT2D eigenvalue weighted by Crippen LogP contribution is -2.51. The second-order valence-electron chi connectivity index (χ2n) is 8.75. The van der Waals surface area contributed by atoms with E-state index in [4.69, 9.17) is 14.2 Å². The standard InChI is InChI=1S/C27H30N2O6S/c1-18-5-10-24-25(16-18)35-26(17-29(24)36(31,32)23-8-6-21(33-4)7-9-23)27(30)28-11-12-34-22-14-19(2)13-20(3)15-22/h5-10,13-16,26H,11-12,17H2,1-4H3,(H,28,30). The van der Waals surface area contributed by atoms with E-state index in [1.54, 1.807) is 24.3 Å². The zero-order valence-electron chi connectivity index (χ0n) is 20.8. The molecule has 36 heavy (non-hydrogen) atoms. The lowest BCUT2D eigenvalue weighted by molar-refractivity contribution is -0.127. The quantitative estimate of drug-likeness (QED) is 0.464. The maximum atomic E-state index is 13.6. The van der Waals surface area contributed by atoms with Gasteiger partial charge >= 0.3 is 0 Å². The van der Waals surface area contributed by atoms with E-state index in [0.717, 1.165) is 22.4 Å². The molecule has 1 atom stereocenters. The summed E-state index contributed by atoms with van der Waals surface area (Å²) in [6.45, 7) is 6.22. The van der Waals surface area contributed by atoms with Crippen LogP contribution in [-0.4, -0.2) is 47.2 Å². The molecular weight excluding hydrogens is 480 g/mol. The fraction of sp³-hybridized carbons (Fsp3) is 0.296. The van der Waals surface area contributed by atoms with Crippen molar-refractivity contribution in [3.8, 4) is 17.2 Å². The normalized spacial score (nSPS) is 15.0. The van der Waals surface area contributed by atoms with Crippen molar-refractivity contribution < 1.29 is 27.4 Å². The van der Waals surface area contributed by atoms with Gasteiger partial charge in [0.2, 0.25) is 0 Å². The number of ether oxygens (including phenoxy) is 3. The number of benzene rings is 3. The van der Waals surface area contributed by atoms with Gasteiger partial charge in [0.1, 0.15) is 23.9 Å². The van der Waals surface area contributed by atoms with E-state index in [1.165, 1.54) is 23.5 Å². The molecule has 1 unspecified atom stereocenters. The van der Waals surface area contributed by atoms with Crippen LogP contribution in [0.1, 0.15) is 16.7 Å². The molecule has 0 saturated carbocycles. The van der Waals surface area contributed by atoms with E-state index in [9.17, 15) is 13.2 Å². The first-order valence-electron chi connectivity index (χ1n) is 11.6. The summed E-state index contributed by atoms with van der Waals surface area (Å²) >= 11 is 0. The number of carbonyl (C=O) groups is 1. The SMILES string of the molecule is COc1ccc(S(=O)(=O)N2CC(C(=O)NCCOc3cc(C)cc(C)c3)Oc3cc(C)ccc32)cc1. The van der Waals surface area contributed by atoms with Gasteiger partial charge in [0.15, 0.2) is 6.10 Å². The van der Waals surface area contributed by atoms with E-state index < -0.39 is 22.0 Å². The lowest BCUT2D eigenvalue weighted by Gasteiger charge is -2.35. The van der Waals surface area contributed by atoms with Gasteiger partial charge in [0, 0.05) is 0 Å². The molecule has 1 N–H and O–H groups in total. The Kier molecular flexibility index (Phi) is 7.40. The van der Waals surface area contributed by atoms with E-state index in [-0.39, 0.29) is 24.6 Å². The Hall–Kier alpha value is -3.72. The highest BCUT2D eigenvalue weighted by atomic mass is 32.2. The molecule has 0 aliphatic carbocycles. The van der Waals surface area contributed by atoms with Crippen LogP contribution in [0.4, 0.5) is 5.69 Å². The molecule has 190 valence electrons. The molecule has 9 heteroatoms. The van der Waals surface area contributed by atoms with E-state index in [0.29, 0.717) is 17.2 Å². The molecule has 1 amide bonds. The highest BCUT2D eigenvalue weighted by Crippen LogP contribution is 2.38. The first kappa shape index (κ1) is 25.4. The van der Waals surface area contributed by atoms with Crippen molar-refractivity contribution >= 4 is 21.6 Å². The monoisotopic (exact) mass is 510 g/mol. The number of methoxy groups -OCH3 is 1. The average molecular weight is 511 g/mol. The van der Waals surface area contributed by atoms with Crippen molar-refractivity contribution in [3.63, 3.8) is 0 Å². The van der Waals surface area contributed by atoms with Crippen LogP contribution in [0.5, 0.6) is 17.2 Å². The number of nitrogens with one attached hydrogen (secondary N) is 1. The molecule has 0 fully saturated rings. The van der Waals surface area contributed by atoms with Crippen LogP contribution >= 0.6 is 0 Å². The first-order chi connectivity index (χ1) is 17.2. The van der Waals surface area contributed by atoms with Gasteiger partial charge < -0.3 is 19.5 Å². The fourth-order valence-corrected chi connectivity index (χ4v) is 5.55. The minimum atomic E-state index is -3.96. The van der Waals surface area contributed by atoms with Crippen molar-refractivity contribution in [3.05, 3.63) is 77.4 Å². The molecular formula is C27H30N2O6S. The molecule has 0 bridgehead atoms. The number of anilines is 1. The molecule has 0 spiro atoms. The number of carbonyl (C=O) groups excluding carboxylic acids is 1. The van der Waals surface area contributed by atoms with Gasteiger partial charge in [0.25, 0.3) is 15.9 Å².